The Morgan fingerprint density at radius 1 is 1.44 bits per heavy atom. The lowest BCUT2D eigenvalue weighted by Gasteiger charge is -2.07. The van der Waals surface area contributed by atoms with Gasteiger partial charge in [0.1, 0.15) is 5.75 Å². The highest BCUT2D eigenvalue weighted by Gasteiger charge is 2.11. The molecule has 84 valence electrons. The molecule has 1 aromatic heterocycles. The van der Waals surface area contributed by atoms with Crippen LogP contribution in [0, 0.1) is 6.92 Å². The van der Waals surface area contributed by atoms with Crippen LogP contribution >= 0.6 is 11.6 Å². The van der Waals surface area contributed by atoms with Crippen LogP contribution in [0.4, 0.5) is 6.01 Å². The lowest BCUT2D eigenvalue weighted by atomic mass is 10.1. The summed E-state index contributed by atoms with van der Waals surface area (Å²) in [4.78, 5) is 3.84. The second-order valence-corrected chi connectivity index (χ2v) is 3.77. The molecule has 0 spiro atoms. The Bertz CT molecular complexity index is 523. The van der Waals surface area contributed by atoms with E-state index in [1.165, 1.54) is 0 Å². The average Bonchev–Trinajstić information content (AvgIpc) is 2.67. The number of oxazole rings is 1. The first kappa shape index (κ1) is 10.8. The van der Waals surface area contributed by atoms with Crippen molar-refractivity contribution in [3.63, 3.8) is 0 Å². The maximum absolute atomic E-state index is 6.04. The van der Waals surface area contributed by atoms with E-state index in [9.17, 15) is 0 Å². The zero-order valence-corrected chi connectivity index (χ0v) is 9.71. The molecule has 2 N–H and O–H groups in total. The Morgan fingerprint density at radius 2 is 2.19 bits per heavy atom. The van der Waals surface area contributed by atoms with Gasteiger partial charge >= 0.3 is 0 Å². The maximum Gasteiger partial charge on any atom is 0.292 e. The van der Waals surface area contributed by atoms with Crippen LogP contribution in [0.2, 0.25) is 5.02 Å². The van der Waals surface area contributed by atoms with Gasteiger partial charge in [-0.3, -0.25) is 0 Å². The summed E-state index contributed by atoms with van der Waals surface area (Å²) in [5.41, 5.74) is 7.26. The zero-order valence-electron chi connectivity index (χ0n) is 8.95. The number of halogens is 1. The lowest BCUT2D eigenvalue weighted by molar-refractivity contribution is 0.414. The highest BCUT2D eigenvalue weighted by molar-refractivity contribution is 6.32. The molecular weight excluding hydrogens is 228 g/mol. The number of anilines is 1. The molecule has 1 heterocycles. The van der Waals surface area contributed by atoms with E-state index in [4.69, 9.17) is 26.5 Å². The van der Waals surface area contributed by atoms with Crippen LogP contribution in [0.3, 0.4) is 0 Å². The van der Waals surface area contributed by atoms with E-state index in [0.29, 0.717) is 16.5 Å². The predicted molar refractivity (Wildman–Crippen MR) is 62.7 cm³/mol. The fourth-order valence-corrected chi connectivity index (χ4v) is 1.73. The molecular formula is C11H11ClN2O2. The van der Waals surface area contributed by atoms with Gasteiger partial charge in [-0.2, -0.15) is 0 Å². The Kier molecular flexibility index (Phi) is 2.75. The molecule has 16 heavy (non-hydrogen) atoms. The molecule has 0 fully saturated rings. The number of benzene rings is 1. The summed E-state index contributed by atoms with van der Waals surface area (Å²) >= 11 is 6.04. The Balaban J connectivity index is 2.54. The smallest absolute Gasteiger partial charge is 0.292 e. The van der Waals surface area contributed by atoms with E-state index in [0.717, 1.165) is 11.1 Å². The third-order valence-corrected chi connectivity index (χ3v) is 2.58. The summed E-state index contributed by atoms with van der Waals surface area (Å²) in [6.07, 6.45) is 1.57. The molecule has 0 saturated carbocycles. The van der Waals surface area contributed by atoms with E-state index in [1.807, 2.05) is 13.0 Å². The van der Waals surface area contributed by atoms with Crippen LogP contribution < -0.4 is 10.5 Å². The van der Waals surface area contributed by atoms with Gasteiger partial charge in [-0.15, -0.1) is 0 Å². The summed E-state index contributed by atoms with van der Waals surface area (Å²) in [5, 5.41) is 0.526. The molecule has 2 aromatic rings. The second kappa shape index (κ2) is 4.06. The number of methoxy groups -OCH3 is 1. The number of hydrogen-bond donors (Lipinski definition) is 1. The van der Waals surface area contributed by atoms with Gasteiger partial charge in [-0.1, -0.05) is 11.6 Å². The quantitative estimate of drug-likeness (QED) is 0.874. The topological polar surface area (TPSA) is 61.3 Å². The Labute approximate surface area is 98.0 Å². The maximum atomic E-state index is 6.04. The lowest BCUT2D eigenvalue weighted by Crippen LogP contribution is -1.88. The number of rotatable bonds is 2. The van der Waals surface area contributed by atoms with Crippen molar-refractivity contribution in [2.75, 3.05) is 12.8 Å². The fourth-order valence-electron chi connectivity index (χ4n) is 1.49. The minimum Gasteiger partial charge on any atom is -0.495 e. The van der Waals surface area contributed by atoms with Crippen LogP contribution in [-0.2, 0) is 0 Å². The van der Waals surface area contributed by atoms with Crippen molar-refractivity contribution in [3.8, 4) is 17.1 Å². The molecule has 1 aromatic carbocycles. The van der Waals surface area contributed by atoms with Gasteiger partial charge in [0, 0.05) is 5.56 Å². The van der Waals surface area contributed by atoms with E-state index in [2.05, 4.69) is 4.98 Å². The summed E-state index contributed by atoms with van der Waals surface area (Å²) in [6.45, 7) is 1.94. The number of nitrogen functional groups attached to an aromatic ring is 1. The minimum atomic E-state index is 0.140. The number of nitrogens with two attached hydrogens (primary N) is 1. The van der Waals surface area contributed by atoms with Gasteiger partial charge in [0.25, 0.3) is 6.01 Å². The molecule has 0 saturated heterocycles. The zero-order chi connectivity index (χ0) is 11.7. The number of hydrogen-bond acceptors (Lipinski definition) is 4. The van der Waals surface area contributed by atoms with E-state index < -0.39 is 0 Å². The molecule has 0 unspecified atom stereocenters. The summed E-state index contributed by atoms with van der Waals surface area (Å²) in [7, 11) is 1.58. The largest absolute Gasteiger partial charge is 0.495 e. The third-order valence-electron chi connectivity index (χ3n) is 2.29. The van der Waals surface area contributed by atoms with Gasteiger partial charge < -0.3 is 14.9 Å². The monoisotopic (exact) mass is 238 g/mol. The van der Waals surface area contributed by atoms with Gasteiger partial charge in [-0.25, -0.2) is 4.98 Å². The molecule has 5 heteroatoms. The number of aryl methyl sites for hydroxylation is 1. The summed E-state index contributed by atoms with van der Waals surface area (Å²) in [5.74, 6) is 1.23. The molecule has 0 atom stereocenters. The highest BCUT2D eigenvalue weighted by Crippen LogP contribution is 2.33. The molecule has 0 aliphatic rings. The second-order valence-electron chi connectivity index (χ2n) is 3.36. The Hall–Kier alpha value is -1.68. The fraction of sp³-hybridized carbons (Fsp3) is 0.182. The predicted octanol–water partition coefficient (Wildman–Crippen LogP) is 2.89. The molecule has 2 rings (SSSR count). The third kappa shape index (κ3) is 1.84. The van der Waals surface area contributed by atoms with Gasteiger partial charge in [0.15, 0.2) is 5.76 Å². The standard InChI is InChI=1S/C11H11ClN2O2/c1-6-3-9(15-2)8(12)4-7(6)10-5-14-11(13)16-10/h3-5H,1-2H3,(H2,13,14). The van der Waals surface area contributed by atoms with Crippen LogP contribution in [0.5, 0.6) is 5.75 Å². The van der Waals surface area contributed by atoms with E-state index >= 15 is 0 Å². The van der Waals surface area contributed by atoms with Crippen molar-refractivity contribution in [1.82, 2.24) is 4.98 Å². The van der Waals surface area contributed by atoms with Gasteiger partial charge in [0.2, 0.25) is 0 Å². The highest BCUT2D eigenvalue weighted by atomic mass is 35.5. The van der Waals surface area contributed by atoms with Crippen molar-refractivity contribution >= 4 is 17.6 Å². The number of ether oxygens (including phenoxy) is 1. The normalized spacial score (nSPS) is 10.4. The van der Waals surface area contributed by atoms with E-state index in [1.54, 1.807) is 19.4 Å². The van der Waals surface area contributed by atoms with Crippen molar-refractivity contribution < 1.29 is 9.15 Å². The van der Waals surface area contributed by atoms with Crippen LogP contribution in [0.25, 0.3) is 11.3 Å². The van der Waals surface area contributed by atoms with Crippen molar-refractivity contribution in [2.45, 2.75) is 6.92 Å². The first-order valence-electron chi connectivity index (χ1n) is 4.67. The minimum absolute atomic E-state index is 0.140. The first-order valence-corrected chi connectivity index (χ1v) is 5.05. The summed E-state index contributed by atoms with van der Waals surface area (Å²) in [6, 6.07) is 3.76. The molecule has 0 aliphatic carbocycles. The molecule has 0 radical (unpaired) electrons. The SMILES string of the molecule is COc1cc(C)c(-c2cnc(N)o2)cc1Cl. The molecule has 0 aliphatic heterocycles. The average molecular weight is 239 g/mol. The van der Waals surface area contributed by atoms with Gasteiger partial charge in [0.05, 0.1) is 18.3 Å². The summed E-state index contributed by atoms with van der Waals surface area (Å²) < 4.78 is 10.4. The van der Waals surface area contributed by atoms with Gasteiger partial charge in [-0.05, 0) is 24.6 Å². The number of aromatic nitrogens is 1. The molecule has 0 bridgehead atoms. The number of nitrogens with zero attached hydrogens (tertiary/aromatic N) is 1. The van der Waals surface area contributed by atoms with Crippen LogP contribution in [0.1, 0.15) is 5.56 Å². The van der Waals surface area contributed by atoms with Crippen molar-refractivity contribution in [2.24, 2.45) is 0 Å². The van der Waals surface area contributed by atoms with Crippen molar-refractivity contribution in [1.29, 1.82) is 0 Å². The first-order chi connectivity index (χ1) is 7.61. The Morgan fingerprint density at radius 3 is 2.75 bits per heavy atom. The molecule has 0 amide bonds. The van der Waals surface area contributed by atoms with E-state index in [-0.39, 0.29) is 6.01 Å². The van der Waals surface area contributed by atoms with Crippen molar-refractivity contribution in [3.05, 3.63) is 28.9 Å². The van der Waals surface area contributed by atoms with Crippen LogP contribution in [-0.4, -0.2) is 12.1 Å². The molecule has 4 nitrogen and oxygen atoms in total. The van der Waals surface area contributed by atoms with Crippen LogP contribution in [0.15, 0.2) is 22.7 Å².